The highest BCUT2D eigenvalue weighted by molar-refractivity contribution is 5.89. The van der Waals surface area contributed by atoms with Gasteiger partial charge in [-0.25, -0.2) is 4.79 Å². The van der Waals surface area contributed by atoms with Crippen LogP contribution in [-0.4, -0.2) is 59.4 Å². The van der Waals surface area contributed by atoms with Crippen molar-refractivity contribution in [3.63, 3.8) is 0 Å². The summed E-state index contributed by atoms with van der Waals surface area (Å²) < 4.78 is 11.4. The number of hydrogen-bond donors (Lipinski definition) is 1. The lowest BCUT2D eigenvalue weighted by Crippen LogP contribution is -2.48. The molecule has 3 rings (SSSR count). The van der Waals surface area contributed by atoms with Crippen molar-refractivity contribution in [2.75, 3.05) is 19.8 Å². The molecule has 1 saturated heterocycles. The summed E-state index contributed by atoms with van der Waals surface area (Å²) in [7, 11) is 0. The summed E-state index contributed by atoms with van der Waals surface area (Å²) in [6.45, 7) is 5.35. The lowest BCUT2D eigenvalue weighted by Gasteiger charge is -2.29. The first-order chi connectivity index (χ1) is 13.8. The monoisotopic (exact) mass is 397 g/mol. The first-order valence-electron chi connectivity index (χ1n) is 9.81. The fourth-order valence-electron chi connectivity index (χ4n) is 3.60. The lowest BCUT2D eigenvalue weighted by molar-refractivity contribution is -0.130. The van der Waals surface area contributed by atoms with Crippen LogP contribution in [0.2, 0.25) is 0 Å². The molecule has 2 aliphatic rings. The van der Waals surface area contributed by atoms with Crippen molar-refractivity contribution in [1.29, 1.82) is 0 Å². The second-order valence-electron chi connectivity index (χ2n) is 8.26. The van der Waals surface area contributed by atoms with E-state index < -0.39 is 36.2 Å². The Morgan fingerprint density at radius 3 is 2.62 bits per heavy atom. The Morgan fingerprint density at radius 2 is 1.97 bits per heavy atom. The van der Waals surface area contributed by atoms with E-state index in [0.717, 1.165) is 11.1 Å². The van der Waals surface area contributed by atoms with Gasteiger partial charge in [0.2, 0.25) is 0 Å². The van der Waals surface area contributed by atoms with Crippen molar-refractivity contribution in [2.24, 2.45) is 5.92 Å². The molecule has 0 bridgehead atoms. The highest BCUT2D eigenvalue weighted by Crippen LogP contribution is 2.33. The minimum Gasteiger partial charge on any atom is -0.444 e. The molecule has 154 valence electrons. The summed E-state index contributed by atoms with van der Waals surface area (Å²) >= 11 is 0. The first kappa shape index (κ1) is 21.1. The van der Waals surface area contributed by atoms with E-state index in [9.17, 15) is 14.7 Å². The Labute approximate surface area is 171 Å². The van der Waals surface area contributed by atoms with Crippen LogP contribution in [0.1, 0.15) is 32.8 Å². The van der Waals surface area contributed by atoms with Crippen LogP contribution < -0.4 is 0 Å². The molecule has 0 unspecified atom stereocenters. The number of benzene rings is 1. The van der Waals surface area contributed by atoms with Gasteiger partial charge in [0.1, 0.15) is 18.2 Å². The van der Waals surface area contributed by atoms with Crippen molar-refractivity contribution in [2.45, 2.75) is 44.9 Å². The summed E-state index contributed by atoms with van der Waals surface area (Å²) in [5, 5.41) is 9.43. The number of nitrogens with zero attached hydrogens (tertiary/aromatic N) is 1. The van der Waals surface area contributed by atoms with E-state index in [-0.39, 0.29) is 12.5 Å². The Morgan fingerprint density at radius 1 is 1.24 bits per heavy atom. The Balaban J connectivity index is 1.85. The van der Waals surface area contributed by atoms with Crippen molar-refractivity contribution in [3.8, 4) is 11.8 Å². The summed E-state index contributed by atoms with van der Waals surface area (Å²) in [6.07, 6.45) is 1.54. The molecular formula is C23H27NO5. The molecule has 0 aliphatic carbocycles. The van der Waals surface area contributed by atoms with Gasteiger partial charge < -0.3 is 14.6 Å². The summed E-state index contributed by atoms with van der Waals surface area (Å²) in [4.78, 5) is 26.5. The molecule has 6 nitrogen and oxygen atoms in total. The van der Waals surface area contributed by atoms with Gasteiger partial charge in [-0.2, -0.15) is 0 Å². The molecule has 0 radical (unpaired) electrons. The predicted octanol–water partition coefficient (Wildman–Crippen LogP) is 2.55. The van der Waals surface area contributed by atoms with Gasteiger partial charge in [-0.1, -0.05) is 36.1 Å². The average molecular weight is 397 g/mol. The molecule has 0 aromatic heterocycles. The van der Waals surface area contributed by atoms with E-state index in [0.29, 0.717) is 13.0 Å². The molecule has 29 heavy (non-hydrogen) atoms. The lowest BCUT2D eigenvalue weighted by atomic mass is 9.97. The number of carbonyl (C=O) groups is 2. The molecule has 2 heterocycles. The number of ether oxygens (including phenoxy) is 2. The standard InChI is InChI=1S/C23H27NO5/c1-23(2,3)29-22(27)24-14-18-13-17(10-9-16-7-5-4-6-8-16)11-12-28-21(18)20(24)19(26)15-25/h4-8,13,18,20-21,25H,11-12,14-15H2,1-3H3/t18-,20+,21+/m0/s1. The van der Waals surface area contributed by atoms with Gasteiger partial charge in [0.25, 0.3) is 0 Å². The number of rotatable bonds is 2. The van der Waals surface area contributed by atoms with E-state index in [2.05, 4.69) is 11.8 Å². The highest BCUT2D eigenvalue weighted by Gasteiger charge is 2.49. The number of amides is 1. The van der Waals surface area contributed by atoms with Crippen LogP contribution in [0.25, 0.3) is 0 Å². The van der Waals surface area contributed by atoms with Crippen molar-refractivity contribution in [1.82, 2.24) is 4.90 Å². The second-order valence-corrected chi connectivity index (χ2v) is 8.26. The topological polar surface area (TPSA) is 76.1 Å². The Kier molecular flexibility index (Phi) is 6.41. The predicted molar refractivity (Wildman–Crippen MR) is 108 cm³/mol. The van der Waals surface area contributed by atoms with Crippen LogP contribution in [0, 0.1) is 17.8 Å². The first-order valence-corrected chi connectivity index (χ1v) is 9.81. The van der Waals surface area contributed by atoms with Gasteiger partial charge >= 0.3 is 6.09 Å². The molecule has 0 spiro atoms. The van der Waals surface area contributed by atoms with Crippen molar-refractivity contribution in [3.05, 3.63) is 47.5 Å². The maximum absolute atomic E-state index is 12.7. The largest absolute Gasteiger partial charge is 0.444 e. The van der Waals surface area contributed by atoms with Crippen molar-refractivity contribution < 1.29 is 24.2 Å². The number of aliphatic hydroxyl groups is 1. The summed E-state index contributed by atoms with van der Waals surface area (Å²) in [5.41, 5.74) is 1.16. The minimum atomic E-state index is -0.863. The van der Waals surface area contributed by atoms with E-state index >= 15 is 0 Å². The third-order valence-corrected chi connectivity index (χ3v) is 4.83. The van der Waals surface area contributed by atoms with Gasteiger partial charge in [-0.05, 0) is 32.9 Å². The summed E-state index contributed by atoms with van der Waals surface area (Å²) in [6, 6.07) is 8.84. The van der Waals surface area contributed by atoms with E-state index in [1.54, 1.807) is 20.8 Å². The molecule has 0 saturated carbocycles. The molecule has 2 aliphatic heterocycles. The molecule has 6 heteroatoms. The minimum absolute atomic E-state index is 0.189. The van der Waals surface area contributed by atoms with Crippen LogP contribution in [0.4, 0.5) is 4.79 Å². The van der Waals surface area contributed by atoms with Gasteiger partial charge in [0.15, 0.2) is 5.78 Å². The fraction of sp³-hybridized carbons (Fsp3) is 0.478. The average Bonchev–Trinajstić information content (AvgIpc) is 2.91. The van der Waals surface area contributed by atoms with Crippen LogP contribution in [0.3, 0.4) is 0 Å². The van der Waals surface area contributed by atoms with Crippen LogP contribution in [-0.2, 0) is 14.3 Å². The smallest absolute Gasteiger partial charge is 0.411 e. The maximum Gasteiger partial charge on any atom is 0.411 e. The number of ketones is 1. The van der Waals surface area contributed by atoms with Gasteiger partial charge in [0, 0.05) is 30.0 Å². The number of carbonyl (C=O) groups excluding carboxylic acids is 2. The molecule has 1 N–H and O–H groups in total. The molecule has 1 amide bonds. The third-order valence-electron chi connectivity index (χ3n) is 4.83. The van der Waals surface area contributed by atoms with Crippen molar-refractivity contribution >= 4 is 11.9 Å². The van der Waals surface area contributed by atoms with Crippen LogP contribution in [0.15, 0.2) is 42.0 Å². The van der Waals surface area contributed by atoms with E-state index in [1.807, 2.05) is 36.4 Å². The number of Topliss-reactive ketones (excluding diaryl/α,β-unsaturated/α-hetero) is 1. The number of hydrogen-bond acceptors (Lipinski definition) is 5. The van der Waals surface area contributed by atoms with Crippen LogP contribution >= 0.6 is 0 Å². The second kappa shape index (κ2) is 8.81. The molecule has 1 fully saturated rings. The van der Waals surface area contributed by atoms with Gasteiger partial charge in [-0.3, -0.25) is 9.69 Å². The normalized spacial score (nSPS) is 23.9. The van der Waals surface area contributed by atoms with Gasteiger partial charge in [-0.15, -0.1) is 0 Å². The Hall–Kier alpha value is -2.62. The number of likely N-dealkylation sites (tertiary alicyclic amines) is 1. The molecule has 1 aromatic rings. The summed E-state index contributed by atoms with van der Waals surface area (Å²) in [5.74, 6) is 5.70. The number of fused-ring (bicyclic) bond motifs is 1. The van der Waals surface area contributed by atoms with E-state index in [4.69, 9.17) is 9.47 Å². The number of aliphatic hydroxyl groups excluding tert-OH is 1. The SMILES string of the molecule is CC(C)(C)OC(=O)N1C[C@@H]2C=C(C#Cc3ccccc3)CCO[C@H]2[C@H]1C(=O)CO. The zero-order chi connectivity index (χ0) is 21.0. The molecular weight excluding hydrogens is 370 g/mol. The quantitative estimate of drug-likeness (QED) is 0.777. The third kappa shape index (κ3) is 5.26. The fourth-order valence-corrected chi connectivity index (χ4v) is 3.60. The van der Waals surface area contributed by atoms with Gasteiger partial charge in [0.05, 0.1) is 12.7 Å². The van der Waals surface area contributed by atoms with E-state index in [1.165, 1.54) is 4.90 Å². The Bertz CT molecular complexity index is 844. The maximum atomic E-state index is 12.7. The zero-order valence-electron chi connectivity index (χ0n) is 17.1. The van der Waals surface area contributed by atoms with Crippen LogP contribution in [0.5, 0.6) is 0 Å². The highest BCUT2D eigenvalue weighted by atomic mass is 16.6. The molecule has 3 atom stereocenters. The zero-order valence-corrected chi connectivity index (χ0v) is 17.1. The molecule has 1 aromatic carbocycles.